The molecule has 0 aliphatic rings. The van der Waals surface area contributed by atoms with Gasteiger partial charge in [-0.1, -0.05) is 24.3 Å². The second-order valence-electron chi connectivity index (χ2n) is 4.42. The van der Waals surface area contributed by atoms with E-state index >= 15 is 0 Å². The number of fused-ring (bicyclic) bond motifs is 1. The lowest BCUT2D eigenvalue weighted by Crippen LogP contribution is -2.29. The van der Waals surface area contributed by atoms with Crippen molar-refractivity contribution >= 4 is 26.8 Å². The summed E-state index contributed by atoms with van der Waals surface area (Å²) in [6, 6.07) is 13.7. The SMILES string of the molecule is NNC(c1ccc(Br)cn1)c1cccc2cccnc12. The highest BCUT2D eigenvalue weighted by Gasteiger charge is 2.16. The van der Waals surface area contributed by atoms with Crippen LogP contribution in [0, 0.1) is 0 Å². The Bertz CT molecular complexity index is 722. The summed E-state index contributed by atoms with van der Waals surface area (Å²) in [5.41, 5.74) is 5.63. The fourth-order valence-electron chi connectivity index (χ4n) is 2.25. The van der Waals surface area contributed by atoms with E-state index < -0.39 is 0 Å². The summed E-state index contributed by atoms with van der Waals surface area (Å²) in [7, 11) is 0. The predicted molar refractivity (Wildman–Crippen MR) is 82.8 cm³/mol. The molecule has 0 radical (unpaired) electrons. The van der Waals surface area contributed by atoms with Crippen molar-refractivity contribution in [2.45, 2.75) is 6.04 Å². The second kappa shape index (κ2) is 5.66. The number of nitrogens with two attached hydrogens (primary N) is 1. The van der Waals surface area contributed by atoms with Gasteiger partial charge in [0.15, 0.2) is 0 Å². The standard InChI is InChI=1S/C15H13BrN4/c16-11-6-7-13(19-9-11)15(20-17)12-5-1-3-10-4-2-8-18-14(10)12/h1-9,15,20H,17H2. The maximum atomic E-state index is 5.74. The molecule has 0 bridgehead atoms. The van der Waals surface area contributed by atoms with Gasteiger partial charge < -0.3 is 0 Å². The van der Waals surface area contributed by atoms with Crippen LogP contribution >= 0.6 is 15.9 Å². The Morgan fingerprint density at radius 1 is 1.05 bits per heavy atom. The van der Waals surface area contributed by atoms with E-state index in [1.54, 1.807) is 12.4 Å². The summed E-state index contributed by atoms with van der Waals surface area (Å²) in [4.78, 5) is 8.88. The molecule has 0 fully saturated rings. The molecule has 0 aliphatic carbocycles. The van der Waals surface area contributed by atoms with Gasteiger partial charge in [-0.15, -0.1) is 0 Å². The number of hydrogen-bond acceptors (Lipinski definition) is 4. The number of aromatic nitrogens is 2. The molecular formula is C15H13BrN4. The first-order chi connectivity index (χ1) is 9.79. The topological polar surface area (TPSA) is 63.8 Å². The number of pyridine rings is 2. The van der Waals surface area contributed by atoms with Crippen molar-refractivity contribution in [3.8, 4) is 0 Å². The average molecular weight is 329 g/mol. The zero-order valence-electron chi connectivity index (χ0n) is 10.6. The molecule has 3 rings (SSSR count). The number of nitrogens with zero attached hydrogens (tertiary/aromatic N) is 2. The minimum absolute atomic E-state index is 0.193. The van der Waals surface area contributed by atoms with Crippen molar-refractivity contribution in [3.05, 3.63) is 70.6 Å². The molecule has 4 nitrogen and oxygen atoms in total. The summed E-state index contributed by atoms with van der Waals surface area (Å²) >= 11 is 3.39. The van der Waals surface area contributed by atoms with Crippen LogP contribution in [0.1, 0.15) is 17.3 Å². The van der Waals surface area contributed by atoms with Crippen molar-refractivity contribution in [1.29, 1.82) is 0 Å². The van der Waals surface area contributed by atoms with E-state index in [0.717, 1.165) is 26.6 Å². The molecule has 2 heterocycles. The first kappa shape index (κ1) is 13.2. The van der Waals surface area contributed by atoms with E-state index in [1.165, 1.54) is 0 Å². The predicted octanol–water partition coefficient (Wildman–Crippen LogP) is 2.95. The van der Waals surface area contributed by atoms with Gasteiger partial charge in [-0.25, -0.2) is 5.43 Å². The van der Waals surface area contributed by atoms with Crippen LogP contribution in [0.4, 0.5) is 0 Å². The van der Waals surface area contributed by atoms with Gasteiger partial charge >= 0.3 is 0 Å². The van der Waals surface area contributed by atoms with E-state index in [2.05, 4.69) is 31.3 Å². The fourth-order valence-corrected chi connectivity index (χ4v) is 2.49. The highest BCUT2D eigenvalue weighted by molar-refractivity contribution is 9.10. The first-order valence-corrected chi connectivity index (χ1v) is 7.00. The lowest BCUT2D eigenvalue weighted by Gasteiger charge is -2.17. The highest BCUT2D eigenvalue weighted by atomic mass is 79.9. The summed E-state index contributed by atoms with van der Waals surface area (Å²) < 4.78 is 0.938. The van der Waals surface area contributed by atoms with Crippen molar-refractivity contribution in [3.63, 3.8) is 0 Å². The van der Waals surface area contributed by atoms with E-state index in [-0.39, 0.29) is 6.04 Å². The maximum Gasteiger partial charge on any atom is 0.0902 e. The van der Waals surface area contributed by atoms with Gasteiger partial charge in [-0.3, -0.25) is 15.8 Å². The summed E-state index contributed by atoms with van der Waals surface area (Å²) in [5, 5.41) is 1.09. The van der Waals surface area contributed by atoms with Crippen LogP contribution in [0.3, 0.4) is 0 Å². The van der Waals surface area contributed by atoms with Crippen LogP contribution in [0.2, 0.25) is 0 Å². The quantitative estimate of drug-likeness (QED) is 0.573. The third-order valence-corrected chi connectivity index (χ3v) is 3.66. The highest BCUT2D eigenvalue weighted by Crippen LogP contribution is 2.26. The molecule has 5 heteroatoms. The van der Waals surface area contributed by atoms with Gasteiger partial charge in [0, 0.05) is 27.8 Å². The molecule has 1 aromatic carbocycles. The number of rotatable bonds is 3. The molecule has 1 atom stereocenters. The van der Waals surface area contributed by atoms with Gasteiger partial charge in [0.2, 0.25) is 0 Å². The van der Waals surface area contributed by atoms with Gasteiger partial charge in [0.05, 0.1) is 17.3 Å². The summed E-state index contributed by atoms with van der Waals surface area (Å²) in [5.74, 6) is 5.74. The van der Waals surface area contributed by atoms with Crippen molar-refractivity contribution in [2.24, 2.45) is 5.84 Å². The normalized spacial score (nSPS) is 12.5. The lowest BCUT2D eigenvalue weighted by atomic mass is 10.0. The van der Waals surface area contributed by atoms with Gasteiger partial charge in [0.1, 0.15) is 0 Å². The van der Waals surface area contributed by atoms with Crippen LogP contribution < -0.4 is 11.3 Å². The van der Waals surface area contributed by atoms with E-state index in [9.17, 15) is 0 Å². The molecule has 3 N–H and O–H groups in total. The maximum absolute atomic E-state index is 5.74. The van der Waals surface area contributed by atoms with Crippen molar-refractivity contribution in [1.82, 2.24) is 15.4 Å². The molecule has 0 saturated heterocycles. The molecule has 0 aliphatic heterocycles. The van der Waals surface area contributed by atoms with E-state index in [0.29, 0.717) is 0 Å². The zero-order valence-corrected chi connectivity index (χ0v) is 12.2. The molecule has 0 amide bonds. The smallest absolute Gasteiger partial charge is 0.0902 e. The minimum atomic E-state index is -0.193. The van der Waals surface area contributed by atoms with Crippen molar-refractivity contribution < 1.29 is 0 Å². The fraction of sp³-hybridized carbons (Fsp3) is 0.0667. The number of nitrogens with one attached hydrogen (secondary N) is 1. The Morgan fingerprint density at radius 2 is 1.90 bits per heavy atom. The van der Waals surface area contributed by atoms with Crippen LogP contribution in [0.5, 0.6) is 0 Å². The second-order valence-corrected chi connectivity index (χ2v) is 5.34. The largest absolute Gasteiger partial charge is 0.271 e. The third kappa shape index (κ3) is 2.43. The monoisotopic (exact) mass is 328 g/mol. The molecule has 0 spiro atoms. The molecule has 1 unspecified atom stereocenters. The number of hydrogen-bond donors (Lipinski definition) is 2. The number of benzene rings is 1. The molecular weight excluding hydrogens is 316 g/mol. The van der Waals surface area contributed by atoms with Crippen LogP contribution in [0.25, 0.3) is 10.9 Å². The molecule has 3 aromatic rings. The molecule has 2 aromatic heterocycles. The lowest BCUT2D eigenvalue weighted by molar-refractivity contribution is 0.623. The minimum Gasteiger partial charge on any atom is -0.271 e. The van der Waals surface area contributed by atoms with E-state index in [4.69, 9.17) is 5.84 Å². The van der Waals surface area contributed by atoms with Gasteiger partial charge in [-0.2, -0.15) is 0 Å². The molecule has 100 valence electrons. The Balaban J connectivity index is 2.14. The zero-order chi connectivity index (χ0) is 13.9. The molecule has 0 saturated carbocycles. The average Bonchev–Trinajstić information content (AvgIpc) is 2.50. The summed E-state index contributed by atoms with van der Waals surface area (Å²) in [6.45, 7) is 0. The van der Waals surface area contributed by atoms with Crippen LogP contribution in [0.15, 0.2) is 59.3 Å². The van der Waals surface area contributed by atoms with E-state index in [1.807, 2.05) is 42.5 Å². The van der Waals surface area contributed by atoms with Crippen molar-refractivity contribution in [2.75, 3.05) is 0 Å². The third-order valence-electron chi connectivity index (χ3n) is 3.19. The van der Waals surface area contributed by atoms with Crippen LogP contribution in [-0.2, 0) is 0 Å². The Kier molecular flexibility index (Phi) is 3.73. The van der Waals surface area contributed by atoms with Gasteiger partial charge in [0.25, 0.3) is 0 Å². The molecule has 20 heavy (non-hydrogen) atoms. The Labute approximate surface area is 125 Å². The number of para-hydroxylation sites is 1. The number of hydrazine groups is 1. The number of halogens is 1. The van der Waals surface area contributed by atoms with Gasteiger partial charge in [-0.05, 0) is 34.1 Å². The summed E-state index contributed by atoms with van der Waals surface area (Å²) in [6.07, 6.45) is 3.55. The first-order valence-electron chi connectivity index (χ1n) is 6.21. The Morgan fingerprint density at radius 3 is 2.65 bits per heavy atom. The Hall–Kier alpha value is -1.82. The van der Waals surface area contributed by atoms with Crippen LogP contribution in [-0.4, -0.2) is 9.97 Å².